The van der Waals surface area contributed by atoms with Gasteiger partial charge in [-0.1, -0.05) is 40.5 Å². The molecule has 0 aliphatic carbocycles. The van der Waals surface area contributed by atoms with Crippen LogP contribution in [0.2, 0.25) is 10.0 Å². The molecule has 0 spiro atoms. The molecule has 0 radical (unpaired) electrons. The van der Waals surface area contributed by atoms with Gasteiger partial charge in [0.2, 0.25) is 0 Å². The van der Waals surface area contributed by atoms with E-state index in [-0.39, 0.29) is 5.91 Å². The van der Waals surface area contributed by atoms with Crippen LogP contribution in [0.5, 0.6) is 0 Å². The highest BCUT2D eigenvalue weighted by molar-refractivity contribution is 6.39. The second kappa shape index (κ2) is 7.68. The summed E-state index contributed by atoms with van der Waals surface area (Å²) in [6.07, 6.45) is 3.87. The first-order valence-electron chi connectivity index (χ1n) is 7.71. The van der Waals surface area contributed by atoms with Gasteiger partial charge in [-0.2, -0.15) is 0 Å². The Morgan fingerprint density at radius 2 is 1.84 bits per heavy atom. The van der Waals surface area contributed by atoms with Crippen LogP contribution in [-0.4, -0.2) is 17.6 Å². The zero-order chi connectivity index (χ0) is 17.8. The highest BCUT2D eigenvalue weighted by Crippen LogP contribution is 2.36. The van der Waals surface area contributed by atoms with Crippen molar-refractivity contribution in [1.82, 2.24) is 10.5 Å². The summed E-state index contributed by atoms with van der Waals surface area (Å²) < 4.78 is 7.19. The second-order valence-electron chi connectivity index (χ2n) is 5.43. The van der Waals surface area contributed by atoms with Gasteiger partial charge in [-0.3, -0.25) is 4.79 Å². The van der Waals surface area contributed by atoms with Crippen molar-refractivity contribution in [1.29, 1.82) is 0 Å². The summed E-state index contributed by atoms with van der Waals surface area (Å²) in [4.78, 5) is 12.6. The summed E-state index contributed by atoms with van der Waals surface area (Å²) in [6.45, 7) is 2.80. The first-order chi connectivity index (χ1) is 12.1. The van der Waals surface area contributed by atoms with Gasteiger partial charge in [-0.05, 0) is 19.1 Å². The zero-order valence-corrected chi connectivity index (χ0v) is 15.0. The zero-order valence-electron chi connectivity index (χ0n) is 13.5. The molecule has 0 fully saturated rings. The van der Waals surface area contributed by atoms with Crippen molar-refractivity contribution in [2.45, 2.75) is 13.5 Å². The van der Waals surface area contributed by atoms with Crippen LogP contribution in [0.3, 0.4) is 0 Å². The molecule has 5 nitrogen and oxygen atoms in total. The van der Waals surface area contributed by atoms with Crippen LogP contribution in [0.4, 0.5) is 0 Å². The van der Waals surface area contributed by atoms with Gasteiger partial charge in [-0.25, -0.2) is 4.57 Å². The molecule has 2 aromatic heterocycles. The Bertz CT molecular complexity index is 874. The molecule has 0 atom stereocenters. The normalized spacial score (nSPS) is 10.7. The van der Waals surface area contributed by atoms with Gasteiger partial charge in [0.15, 0.2) is 18.9 Å². The minimum absolute atomic E-state index is 0.277. The average Bonchev–Trinajstić information content (AvgIpc) is 2.97. The lowest BCUT2D eigenvalue weighted by molar-refractivity contribution is -0.694. The Morgan fingerprint density at radius 1 is 1.16 bits per heavy atom. The lowest BCUT2D eigenvalue weighted by Gasteiger charge is -2.07. The number of hydrogen-bond donors (Lipinski definition) is 1. The monoisotopic (exact) mass is 376 g/mol. The first-order valence-corrected chi connectivity index (χ1v) is 8.46. The van der Waals surface area contributed by atoms with E-state index in [4.69, 9.17) is 27.7 Å². The minimum Gasteiger partial charge on any atom is -0.360 e. The van der Waals surface area contributed by atoms with Crippen molar-refractivity contribution in [3.63, 3.8) is 0 Å². The number of benzene rings is 1. The van der Waals surface area contributed by atoms with Gasteiger partial charge in [-0.15, -0.1) is 0 Å². The summed E-state index contributed by atoms with van der Waals surface area (Å²) in [5.74, 6) is 0.136. The van der Waals surface area contributed by atoms with Crippen molar-refractivity contribution >= 4 is 29.1 Å². The number of amides is 1. The molecule has 0 bridgehead atoms. The van der Waals surface area contributed by atoms with Crippen LogP contribution in [0, 0.1) is 6.92 Å². The Hall–Kier alpha value is -2.37. The maximum absolute atomic E-state index is 12.6. The number of aromatic nitrogens is 2. The summed E-state index contributed by atoms with van der Waals surface area (Å²) in [7, 11) is 0. The molecule has 0 aliphatic heterocycles. The van der Waals surface area contributed by atoms with E-state index < -0.39 is 0 Å². The molecule has 1 amide bonds. The number of nitrogens with one attached hydrogen (secondary N) is 1. The van der Waals surface area contributed by atoms with Crippen molar-refractivity contribution in [2.75, 3.05) is 6.54 Å². The molecule has 0 saturated carbocycles. The van der Waals surface area contributed by atoms with Crippen molar-refractivity contribution in [3.8, 4) is 11.3 Å². The molecule has 128 valence electrons. The molecule has 3 rings (SSSR count). The van der Waals surface area contributed by atoms with Crippen molar-refractivity contribution < 1.29 is 13.9 Å². The number of carbonyl (C=O) groups is 1. The standard InChI is InChI=1S/C18H15Cl2N3O2/c1-12-15(18(24)21-8-11-23-9-3-2-4-10-23)17(22-25-12)16-13(19)6-5-7-14(16)20/h2-7,9-10H,8,11H2,1H3/p+1. The number of rotatable bonds is 5. The topological polar surface area (TPSA) is 59.0 Å². The van der Waals surface area contributed by atoms with Gasteiger partial charge in [0.05, 0.1) is 16.6 Å². The van der Waals surface area contributed by atoms with Gasteiger partial charge < -0.3 is 9.84 Å². The molecule has 1 N–H and O–H groups in total. The number of pyridine rings is 1. The van der Waals surface area contributed by atoms with Crippen molar-refractivity contribution in [3.05, 3.63) is 70.2 Å². The third-order valence-electron chi connectivity index (χ3n) is 3.72. The number of nitrogens with zero attached hydrogens (tertiary/aromatic N) is 2. The second-order valence-corrected chi connectivity index (χ2v) is 6.24. The van der Waals surface area contributed by atoms with Crippen LogP contribution >= 0.6 is 23.2 Å². The highest BCUT2D eigenvalue weighted by atomic mass is 35.5. The van der Waals surface area contributed by atoms with Gasteiger partial charge in [0.25, 0.3) is 5.91 Å². The fourth-order valence-electron chi connectivity index (χ4n) is 2.50. The van der Waals surface area contributed by atoms with Crippen LogP contribution in [0.15, 0.2) is 53.3 Å². The highest BCUT2D eigenvalue weighted by Gasteiger charge is 2.24. The molecule has 2 heterocycles. The van der Waals surface area contributed by atoms with Gasteiger partial charge in [0.1, 0.15) is 17.0 Å². The fourth-order valence-corrected chi connectivity index (χ4v) is 3.08. The summed E-state index contributed by atoms with van der Waals surface area (Å²) >= 11 is 12.5. The molecule has 0 aliphatic rings. The molecule has 0 unspecified atom stereocenters. The number of aryl methyl sites for hydroxylation is 1. The molecule has 1 aromatic carbocycles. The van der Waals surface area contributed by atoms with E-state index in [1.807, 2.05) is 35.2 Å². The SMILES string of the molecule is Cc1onc(-c2c(Cl)cccc2Cl)c1C(=O)NCC[n+]1ccccc1. The molecule has 0 saturated heterocycles. The number of carbonyl (C=O) groups excluding carboxylic acids is 1. The Labute approximate surface area is 155 Å². The number of halogens is 2. The minimum atomic E-state index is -0.277. The van der Waals surface area contributed by atoms with E-state index in [0.717, 1.165) is 0 Å². The smallest absolute Gasteiger partial charge is 0.257 e. The molecule has 3 aromatic rings. The Morgan fingerprint density at radius 3 is 2.52 bits per heavy atom. The lowest BCUT2D eigenvalue weighted by Crippen LogP contribution is -2.39. The van der Waals surface area contributed by atoms with E-state index in [0.29, 0.717) is 45.7 Å². The van der Waals surface area contributed by atoms with Crippen LogP contribution in [-0.2, 0) is 6.54 Å². The maximum atomic E-state index is 12.6. The van der Waals surface area contributed by atoms with Crippen LogP contribution < -0.4 is 9.88 Å². The van der Waals surface area contributed by atoms with E-state index in [9.17, 15) is 4.79 Å². The van der Waals surface area contributed by atoms with Crippen LogP contribution in [0.1, 0.15) is 16.1 Å². The average molecular weight is 377 g/mol. The summed E-state index contributed by atoms with van der Waals surface area (Å²) in [5.41, 5.74) is 1.18. The predicted octanol–water partition coefficient (Wildman–Crippen LogP) is 3.67. The Kier molecular flexibility index (Phi) is 5.36. The molecule has 7 heteroatoms. The van der Waals surface area contributed by atoms with E-state index >= 15 is 0 Å². The lowest BCUT2D eigenvalue weighted by atomic mass is 10.1. The van der Waals surface area contributed by atoms with E-state index in [1.165, 1.54) is 0 Å². The number of hydrogen-bond acceptors (Lipinski definition) is 3. The summed E-state index contributed by atoms with van der Waals surface area (Å²) in [6, 6.07) is 10.9. The third kappa shape index (κ3) is 3.83. The summed E-state index contributed by atoms with van der Waals surface area (Å²) in [5, 5.41) is 7.69. The molecular weight excluding hydrogens is 361 g/mol. The van der Waals surface area contributed by atoms with Gasteiger partial charge in [0, 0.05) is 17.7 Å². The van der Waals surface area contributed by atoms with Crippen LogP contribution in [0.25, 0.3) is 11.3 Å². The third-order valence-corrected chi connectivity index (χ3v) is 4.35. The Balaban J connectivity index is 1.81. The molecular formula is C18H16Cl2N3O2+. The first kappa shape index (κ1) is 17.5. The molecule has 25 heavy (non-hydrogen) atoms. The maximum Gasteiger partial charge on any atom is 0.257 e. The quantitative estimate of drug-likeness (QED) is 0.691. The van der Waals surface area contributed by atoms with Crippen molar-refractivity contribution in [2.24, 2.45) is 0 Å². The van der Waals surface area contributed by atoms with Gasteiger partial charge >= 0.3 is 0 Å². The predicted molar refractivity (Wildman–Crippen MR) is 95.7 cm³/mol. The van der Waals surface area contributed by atoms with E-state index in [2.05, 4.69) is 10.5 Å². The van der Waals surface area contributed by atoms with E-state index in [1.54, 1.807) is 25.1 Å². The largest absolute Gasteiger partial charge is 0.360 e. The fraction of sp³-hybridized carbons (Fsp3) is 0.167.